The monoisotopic (exact) mass is 319 g/mol. The molecular weight excluding hydrogens is 298 g/mol. The van der Waals surface area contributed by atoms with Gasteiger partial charge in [-0.25, -0.2) is 0 Å². The zero-order valence-electron chi connectivity index (χ0n) is 13.2. The fourth-order valence-electron chi connectivity index (χ4n) is 2.39. The lowest BCUT2D eigenvalue weighted by molar-refractivity contribution is 0.229. The number of halogens is 1. The number of rotatable bonds is 6. The number of hydrogen-bond acceptors (Lipinski definition) is 4. The Balaban J connectivity index is 2.02. The highest BCUT2D eigenvalue weighted by Gasteiger charge is 2.16. The zero-order chi connectivity index (χ0) is 16.2. The van der Waals surface area contributed by atoms with Crippen molar-refractivity contribution in [2.75, 3.05) is 6.61 Å². The van der Waals surface area contributed by atoms with Crippen LogP contribution in [0.3, 0.4) is 0 Å². The van der Waals surface area contributed by atoms with Gasteiger partial charge in [0.25, 0.3) is 0 Å². The lowest BCUT2D eigenvalue weighted by Gasteiger charge is -2.23. The summed E-state index contributed by atoms with van der Waals surface area (Å²) in [6.45, 7) is 6.71. The van der Waals surface area contributed by atoms with E-state index in [1.165, 1.54) is 0 Å². The Morgan fingerprint density at radius 2 is 2.00 bits per heavy atom. The number of nitrogens with two attached hydrogens (primary N) is 1. The van der Waals surface area contributed by atoms with E-state index in [0.29, 0.717) is 23.3 Å². The van der Waals surface area contributed by atoms with Crippen LogP contribution >= 0.6 is 11.6 Å². The molecule has 2 aromatic heterocycles. The molecule has 0 bridgehead atoms. The summed E-state index contributed by atoms with van der Waals surface area (Å²) in [5.74, 6) is 0.942. The molecule has 5 heteroatoms. The lowest BCUT2D eigenvalue weighted by atomic mass is 9.93. The van der Waals surface area contributed by atoms with Crippen molar-refractivity contribution in [1.82, 2.24) is 9.97 Å². The third kappa shape index (κ3) is 4.97. The molecule has 0 aromatic carbocycles. The summed E-state index contributed by atoms with van der Waals surface area (Å²) in [4.78, 5) is 8.39. The fourth-order valence-corrected chi connectivity index (χ4v) is 2.60. The minimum Gasteiger partial charge on any atom is -0.490 e. The lowest BCUT2D eigenvalue weighted by Crippen LogP contribution is -2.35. The summed E-state index contributed by atoms with van der Waals surface area (Å²) in [6.07, 6.45) is 6.00. The molecule has 4 nitrogen and oxygen atoms in total. The summed E-state index contributed by atoms with van der Waals surface area (Å²) >= 11 is 6.29. The van der Waals surface area contributed by atoms with Crippen LogP contribution in [0.15, 0.2) is 36.8 Å². The van der Waals surface area contributed by atoms with E-state index in [-0.39, 0.29) is 5.54 Å². The van der Waals surface area contributed by atoms with Crippen LogP contribution in [0.1, 0.15) is 27.2 Å². The average Bonchev–Trinajstić information content (AvgIpc) is 2.45. The molecule has 0 fully saturated rings. The Hall–Kier alpha value is -1.65. The Kier molecular flexibility index (Phi) is 5.37. The molecule has 22 heavy (non-hydrogen) atoms. The Morgan fingerprint density at radius 1 is 1.32 bits per heavy atom. The van der Waals surface area contributed by atoms with Crippen LogP contribution in [0.4, 0.5) is 0 Å². The second-order valence-corrected chi connectivity index (χ2v) is 6.75. The molecule has 0 amide bonds. The minimum absolute atomic E-state index is 0.198. The molecule has 0 aliphatic carbocycles. The topological polar surface area (TPSA) is 61.0 Å². The second kappa shape index (κ2) is 7.07. The van der Waals surface area contributed by atoms with Gasteiger partial charge in [-0.2, -0.15) is 0 Å². The van der Waals surface area contributed by atoms with Crippen molar-refractivity contribution in [1.29, 1.82) is 0 Å². The number of pyridine rings is 2. The first-order chi connectivity index (χ1) is 10.3. The highest BCUT2D eigenvalue weighted by atomic mass is 35.5. The van der Waals surface area contributed by atoms with Crippen LogP contribution in [-0.2, 0) is 0 Å². The first-order valence-electron chi connectivity index (χ1n) is 7.33. The molecule has 2 aromatic rings. The van der Waals surface area contributed by atoms with Crippen molar-refractivity contribution < 1.29 is 4.74 Å². The first-order valence-corrected chi connectivity index (χ1v) is 7.70. The fraction of sp³-hybridized carbons (Fsp3) is 0.412. The van der Waals surface area contributed by atoms with Crippen LogP contribution in [0, 0.1) is 5.92 Å². The summed E-state index contributed by atoms with van der Waals surface area (Å²) in [5.41, 5.74) is 7.60. The van der Waals surface area contributed by atoms with E-state index in [0.717, 1.165) is 17.7 Å². The van der Waals surface area contributed by atoms with Gasteiger partial charge in [0, 0.05) is 23.5 Å². The molecule has 0 unspecified atom stereocenters. The quantitative estimate of drug-likeness (QED) is 0.876. The van der Waals surface area contributed by atoms with Gasteiger partial charge in [0.15, 0.2) is 5.75 Å². The highest BCUT2D eigenvalue weighted by molar-refractivity contribution is 6.32. The Bertz CT molecular complexity index is 611. The summed E-state index contributed by atoms with van der Waals surface area (Å²) < 4.78 is 5.77. The van der Waals surface area contributed by atoms with Crippen molar-refractivity contribution >= 4 is 11.6 Å². The second-order valence-electron chi connectivity index (χ2n) is 6.34. The third-order valence-corrected chi connectivity index (χ3v) is 3.49. The van der Waals surface area contributed by atoms with Crippen molar-refractivity contribution in [2.45, 2.75) is 32.7 Å². The zero-order valence-corrected chi connectivity index (χ0v) is 14.0. The van der Waals surface area contributed by atoms with Crippen molar-refractivity contribution in [2.24, 2.45) is 11.7 Å². The van der Waals surface area contributed by atoms with Gasteiger partial charge in [0.05, 0.1) is 23.5 Å². The Morgan fingerprint density at radius 3 is 2.59 bits per heavy atom. The van der Waals surface area contributed by atoms with Crippen molar-refractivity contribution in [3.05, 3.63) is 41.8 Å². The van der Waals surface area contributed by atoms with Crippen molar-refractivity contribution in [3.8, 4) is 17.0 Å². The summed E-state index contributed by atoms with van der Waals surface area (Å²) in [6, 6.07) is 5.60. The van der Waals surface area contributed by atoms with E-state index in [4.69, 9.17) is 22.1 Å². The predicted molar refractivity (Wildman–Crippen MR) is 90.0 cm³/mol. The predicted octanol–water partition coefficient (Wildman–Crippen LogP) is 3.94. The summed E-state index contributed by atoms with van der Waals surface area (Å²) in [5, 5.41) is 0.557. The maximum Gasteiger partial charge on any atom is 0.156 e. The molecule has 0 aliphatic heterocycles. The molecule has 0 aliphatic rings. The normalized spacial score (nSPS) is 13.0. The molecule has 1 atom stereocenters. The van der Waals surface area contributed by atoms with E-state index in [2.05, 4.69) is 16.9 Å². The van der Waals surface area contributed by atoms with Gasteiger partial charge in [0.1, 0.15) is 0 Å². The number of aromatic nitrogens is 2. The molecule has 0 saturated heterocycles. The highest BCUT2D eigenvalue weighted by Crippen LogP contribution is 2.28. The van der Waals surface area contributed by atoms with Gasteiger partial charge in [-0.1, -0.05) is 18.5 Å². The molecule has 118 valence electrons. The van der Waals surface area contributed by atoms with Gasteiger partial charge in [-0.15, -0.1) is 0 Å². The van der Waals surface area contributed by atoms with Gasteiger partial charge in [0.2, 0.25) is 0 Å². The van der Waals surface area contributed by atoms with Gasteiger partial charge < -0.3 is 10.5 Å². The maximum atomic E-state index is 6.29. The standard InChI is InChI=1S/C17H22ClN3O/c1-12(9-17(2,3)19)11-22-16-10-21-15(8-14(16)18)13-4-6-20-7-5-13/h4-8,10,12H,9,11,19H2,1-3H3/t12-/m0/s1. The molecular formula is C17H22ClN3O. The van der Waals surface area contributed by atoms with Crippen LogP contribution in [0.2, 0.25) is 5.02 Å². The van der Waals surface area contributed by atoms with E-state index in [1.54, 1.807) is 18.6 Å². The number of nitrogens with zero attached hydrogens (tertiary/aromatic N) is 2. The minimum atomic E-state index is -0.198. The van der Waals surface area contributed by atoms with Gasteiger partial charge >= 0.3 is 0 Å². The van der Waals surface area contributed by atoms with E-state index in [1.807, 2.05) is 32.0 Å². The number of hydrogen-bond donors (Lipinski definition) is 1. The first kappa shape index (κ1) is 16.7. The van der Waals surface area contributed by atoms with E-state index < -0.39 is 0 Å². The molecule has 2 rings (SSSR count). The largest absolute Gasteiger partial charge is 0.490 e. The van der Waals surface area contributed by atoms with Crippen LogP contribution in [0.5, 0.6) is 5.75 Å². The number of ether oxygens (including phenoxy) is 1. The van der Waals surface area contributed by atoms with Gasteiger partial charge in [-0.3, -0.25) is 9.97 Å². The van der Waals surface area contributed by atoms with E-state index in [9.17, 15) is 0 Å². The maximum absolute atomic E-state index is 6.29. The molecule has 0 radical (unpaired) electrons. The molecule has 2 heterocycles. The van der Waals surface area contributed by atoms with Crippen molar-refractivity contribution in [3.63, 3.8) is 0 Å². The molecule has 2 N–H and O–H groups in total. The summed E-state index contributed by atoms with van der Waals surface area (Å²) in [7, 11) is 0. The van der Waals surface area contributed by atoms with Crippen LogP contribution in [0.25, 0.3) is 11.3 Å². The molecule has 0 spiro atoms. The van der Waals surface area contributed by atoms with E-state index >= 15 is 0 Å². The Labute approximate surface area is 136 Å². The molecule has 0 saturated carbocycles. The van der Waals surface area contributed by atoms with Crippen LogP contribution in [-0.4, -0.2) is 22.1 Å². The average molecular weight is 320 g/mol. The van der Waals surface area contributed by atoms with Crippen LogP contribution < -0.4 is 10.5 Å². The third-order valence-electron chi connectivity index (χ3n) is 3.19. The smallest absolute Gasteiger partial charge is 0.156 e. The van der Waals surface area contributed by atoms with Gasteiger partial charge in [-0.05, 0) is 44.4 Å². The SMILES string of the molecule is C[C@H](COc1cnc(-c2ccncc2)cc1Cl)CC(C)(C)N.